The van der Waals surface area contributed by atoms with Crippen molar-refractivity contribution in [1.82, 2.24) is 24.5 Å². The molecule has 0 spiro atoms. The first kappa shape index (κ1) is 19.2. The van der Waals surface area contributed by atoms with Crippen LogP contribution in [-0.4, -0.2) is 42.2 Å². The Morgan fingerprint density at radius 2 is 2.03 bits per heavy atom. The van der Waals surface area contributed by atoms with Gasteiger partial charge in [-0.05, 0) is 31.2 Å². The summed E-state index contributed by atoms with van der Waals surface area (Å²) >= 11 is 0. The molecule has 0 aliphatic heterocycles. The Morgan fingerprint density at radius 3 is 2.80 bits per heavy atom. The zero-order valence-corrected chi connectivity index (χ0v) is 15.8. The van der Waals surface area contributed by atoms with Gasteiger partial charge in [0.05, 0.1) is 24.2 Å². The molecule has 1 aromatic carbocycles. The van der Waals surface area contributed by atoms with E-state index in [4.69, 9.17) is 4.74 Å². The Bertz CT molecular complexity index is 1310. The van der Waals surface area contributed by atoms with Crippen LogP contribution in [0.3, 0.4) is 0 Å². The number of phenols is 1. The number of phenolic OH excluding ortho intramolecular Hbond substituents is 1. The van der Waals surface area contributed by atoms with Crippen LogP contribution < -0.4 is 5.56 Å². The van der Waals surface area contributed by atoms with Gasteiger partial charge in [0.25, 0.3) is 5.56 Å². The Hall–Kier alpha value is -4.08. The van der Waals surface area contributed by atoms with E-state index in [0.717, 1.165) is 6.07 Å². The molecule has 3 aromatic heterocycles. The first-order chi connectivity index (χ1) is 14.5. The number of ether oxygens (including phenoxy) is 1. The highest BCUT2D eigenvalue weighted by Gasteiger charge is 2.13. The maximum absolute atomic E-state index is 13.6. The third-order valence-electron chi connectivity index (χ3n) is 4.38. The van der Waals surface area contributed by atoms with Crippen LogP contribution >= 0.6 is 0 Å². The number of carbonyl (C=O) groups is 1. The smallest absolute Gasteiger partial charge is 0.326 e. The van der Waals surface area contributed by atoms with E-state index in [1.165, 1.54) is 33.8 Å². The highest BCUT2D eigenvalue weighted by molar-refractivity contribution is 5.80. The lowest BCUT2D eigenvalue weighted by molar-refractivity contribution is -0.143. The second-order valence-corrected chi connectivity index (χ2v) is 6.37. The Labute approximate surface area is 169 Å². The minimum absolute atomic E-state index is 0.171. The second-order valence-electron chi connectivity index (χ2n) is 6.37. The van der Waals surface area contributed by atoms with Gasteiger partial charge in [-0.25, -0.2) is 14.1 Å². The third-order valence-corrected chi connectivity index (χ3v) is 4.38. The molecule has 0 aliphatic carbocycles. The van der Waals surface area contributed by atoms with Crippen LogP contribution in [0, 0.1) is 5.82 Å². The molecule has 0 saturated carbocycles. The molecule has 0 saturated heterocycles. The number of carbonyl (C=O) groups excluding carboxylic acids is 1. The average molecular weight is 409 g/mol. The normalized spacial score (nSPS) is 11.0. The van der Waals surface area contributed by atoms with Crippen molar-refractivity contribution in [2.24, 2.45) is 0 Å². The molecule has 0 amide bonds. The van der Waals surface area contributed by atoms with Crippen molar-refractivity contribution in [3.63, 3.8) is 0 Å². The first-order valence-electron chi connectivity index (χ1n) is 9.03. The fourth-order valence-electron chi connectivity index (χ4n) is 2.91. The Morgan fingerprint density at radius 1 is 1.20 bits per heavy atom. The molecule has 4 aromatic rings. The van der Waals surface area contributed by atoms with E-state index in [9.17, 15) is 19.1 Å². The van der Waals surface area contributed by atoms with Crippen LogP contribution in [0.4, 0.5) is 4.39 Å². The molecule has 0 fully saturated rings. The van der Waals surface area contributed by atoms with Gasteiger partial charge in [0.2, 0.25) is 0 Å². The van der Waals surface area contributed by atoms with Crippen molar-refractivity contribution in [2.75, 3.05) is 6.61 Å². The van der Waals surface area contributed by atoms with Gasteiger partial charge in [-0.3, -0.25) is 9.59 Å². The predicted octanol–water partition coefficient (Wildman–Crippen LogP) is 2.05. The lowest BCUT2D eigenvalue weighted by Crippen LogP contribution is -2.25. The molecule has 9 nitrogen and oxygen atoms in total. The van der Waals surface area contributed by atoms with Gasteiger partial charge in [-0.1, -0.05) is 11.3 Å². The zero-order chi connectivity index (χ0) is 21.3. The number of rotatable bonds is 5. The van der Waals surface area contributed by atoms with Crippen molar-refractivity contribution in [2.45, 2.75) is 13.5 Å². The summed E-state index contributed by atoms with van der Waals surface area (Å²) in [5, 5.41) is 17.9. The molecular formula is C20H16FN5O4. The van der Waals surface area contributed by atoms with E-state index in [1.807, 2.05) is 0 Å². The van der Waals surface area contributed by atoms with E-state index < -0.39 is 23.1 Å². The van der Waals surface area contributed by atoms with Crippen molar-refractivity contribution >= 4 is 16.9 Å². The van der Waals surface area contributed by atoms with Gasteiger partial charge in [-0.2, -0.15) is 0 Å². The van der Waals surface area contributed by atoms with Crippen LogP contribution in [0.2, 0.25) is 0 Å². The van der Waals surface area contributed by atoms with Crippen LogP contribution in [-0.2, 0) is 16.1 Å². The topological polar surface area (TPSA) is 112 Å². The number of esters is 1. The summed E-state index contributed by atoms with van der Waals surface area (Å²) < 4.78 is 21.0. The predicted molar refractivity (Wildman–Crippen MR) is 105 cm³/mol. The minimum Gasteiger partial charge on any atom is -0.505 e. The van der Waals surface area contributed by atoms with Gasteiger partial charge < -0.3 is 14.4 Å². The van der Waals surface area contributed by atoms with Crippen LogP contribution in [0.1, 0.15) is 6.92 Å². The first-order valence-corrected chi connectivity index (χ1v) is 9.03. The molecule has 4 rings (SSSR count). The fourth-order valence-corrected chi connectivity index (χ4v) is 2.91. The number of fused-ring (bicyclic) bond motifs is 1. The molecule has 0 radical (unpaired) electrons. The number of hydrogen-bond acceptors (Lipinski definition) is 7. The largest absolute Gasteiger partial charge is 0.505 e. The monoisotopic (exact) mass is 409 g/mol. The minimum atomic E-state index is -0.782. The second kappa shape index (κ2) is 7.74. The summed E-state index contributed by atoms with van der Waals surface area (Å²) in [6.45, 7) is 1.70. The van der Waals surface area contributed by atoms with E-state index in [-0.39, 0.29) is 18.7 Å². The summed E-state index contributed by atoms with van der Waals surface area (Å²) in [5.41, 5.74) is 0.853. The maximum atomic E-state index is 13.6. The fraction of sp³-hybridized carbons (Fsp3) is 0.150. The molecule has 0 aliphatic rings. The molecule has 0 atom stereocenters. The van der Waals surface area contributed by atoms with Crippen molar-refractivity contribution in [1.29, 1.82) is 0 Å². The average Bonchev–Trinajstić information content (AvgIpc) is 3.22. The summed E-state index contributed by atoms with van der Waals surface area (Å²) in [7, 11) is 0. The van der Waals surface area contributed by atoms with E-state index >= 15 is 0 Å². The van der Waals surface area contributed by atoms with Crippen LogP contribution in [0.15, 0.2) is 53.6 Å². The van der Waals surface area contributed by atoms with Crippen molar-refractivity contribution < 1.29 is 19.0 Å². The molecule has 0 unspecified atom stereocenters. The quantitative estimate of drug-likeness (QED) is 0.502. The lowest BCUT2D eigenvalue weighted by atomic mass is 10.2. The van der Waals surface area contributed by atoms with Gasteiger partial charge in [0.1, 0.15) is 17.8 Å². The van der Waals surface area contributed by atoms with E-state index in [1.54, 1.807) is 25.1 Å². The number of benzene rings is 1. The summed E-state index contributed by atoms with van der Waals surface area (Å²) in [6, 6.07) is 8.90. The number of nitrogens with zero attached hydrogens (tertiary/aromatic N) is 5. The van der Waals surface area contributed by atoms with Gasteiger partial charge in [0.15, 0.2) is 11.6 Å². The van der Waals surface area contributed by atoms with Crippen molar-refractivity contribution in [3.05, 3.63) is 65.0 Å². The molecular weight excluding hydrogens is 393 g/mol. The molecule has 1 N–H and O–H groups in total. The van der Waals surface area contributed by atoms with Gasteiger partial charge in [0, 0.05) is 17.6 Å². The molecule has 10 heteroatoms. The number of hydrogen-bond donors (Lipinski definition) is 1. The summed E-state index contributed by atoms with van der Waals surface area (Å²) in [4.78, 5) is 28.8. The molecule has 3 heterocycles. The molecule has 30 heavy (non-hydrogen) atoms. The number of pyridine rings is 2. The number of aromatic nitrogens is 5. The highest BCUT2D eigenvalue weighted by Crippen LogP contribution is 2.21. The lowest BCUT2D eigenvalue weighted by Gasteiger charge is -2.07. The summed E-state index contributed by atoms with van der Waals surface area (Å²) in [6.07, 6.45) is 3.04. The Balaban J connectivity index is 1.70. The molecule has 152 valence electrons. The molecule has 0 bridgehead atoms. The van der Waals surface area contributed by atoms with E-state index in [2.05, 4.69) is 15.3 Å². The standard InChI is InChI=1S/C20H16FN5O4/c1-2-30-18(28)11-25-8-7-12-3-5-15(22-19(12)20(25)29)16-10-26(24-23-16)13-4-6-17(27)14(21)9-13/h3-10,27H,2,11H2,1H3. The van der Waals surface area contributed by atoms with Gasteiger partial charge >= 0.3 is 5.97 Å². The SMILES string of the molecule is CCOC(=O)Cn1ccc2ccc(-c3cn(-c4ccc(O)c(F)c4)nn3)nc2c1=O. The van der Waals surface area contributed by atoms with Crippen molar-refractivity contribution in [3.8, 4) is 22.8 Å². The number of aromatic hydroxyl groups is 1. The van der Waals surface area contributed by atoms with E-state index in [0.29, 0.717) is 22.5 Å². The van der Waals surface area contributed by atoms with Gasteiger partial charge in [-0.15, -0.1) is 5.10 Å². The summed E-state index contributed by atoms with van der Waals surface area (Å²) in [5.74, 6) is -1.76. The maximum Gasteiger partial charge on any atom is 0.326 e. The number of halogens is 1. The zero-order valence-electron chi connectivity index (χ0n) is 15.8. The van der Waals surface area contributed by atoms with Crippen LogP contribution in [0.5, 0.6) is 5.75 Å². The third kappa shape index (κ3) is 3.62. The van der Waals surface area contributed by atoms with Crippen LogP contribution in [0.25, 0.3) is 28.0 Å². The Kier molecular flexibility index (Phi) is 4.97. The highest BCUT2D eigenvalue weighted by atomic mass is 19.1.